The maximum absolute atomic E-state index is 13.0. The third-order valence-electron chi connectivity index (χ3n) is 6.59. The second-order valence-corrected chi connectivity index (χ2v) is 9.06. The Morgan fingerprint density at radius 3 is 2.29 bits per heavy atom. The van der Waals surface area contributed by atoms with E-state index in [9.17, 15) is 9.59 Å². The Bertz CT molecular complexity index is 899. The van der Waals surface area contributed by atoms with Crippen LogP contribution in [0.25, 0.3) is 0 Å². The monoisotopic (exact) mass is 419 g/mol. The van der Waals surface area contributed by atoms with Crippen LogP contribution in [0.1, 0.15) is 48.4 Å². The third kappa shape index (κ3) is 5.34. The predicted molar refractivity (Wildman–Crippen MR) is 124 cm³/mol. The van der Waals surface area contributed by atoms with Crippen molar-refractivity contribution in [2.75, 3.05) is 31.5 Å². The highest BCUT2D eigenvalue weighted by molar-refractivity contribution is 5.92. The molecule has 5 heteroatoms. The molecule has 2 aromatic rings. The van der Waals surface area contributed by atoms with Crippen LogP contribution in [0.4, 0.5) is 5.69 Å². The Hall–Kier alpha value is -2.66. The van der Waals surface area contributed by atoms with Gasteiger partial charge in [0.1, 0.15) is 0 Å². The van der Waals surface area contributed by atoms with Crippen LogP contribution in [0.2, 0.25) is 0 Å². The Morgan fingerprint density at radius 2 is 1.61 bits per heavy atom. The van der Waals surface area contributed by atoms with E-state index in [1.54, 1.807) is 0 Å². The van der Waals surface area contributed by atoms with Crippen molar-refractivity contribution in [1.29, 1.82) is 0 Å². The molecule has 1 unspecified atom stereocenters. The SMILES string of the molecule is Cc1cc(C)cc(C2CCCN2CC(=O)N2CCC(C(=O)Nc3ccccc3)CC2)c1. The van der Waals surface area contributed by atoms with Crippen molar-refractivity contribution in [3.05, 3.63) is 65.2 Å². The van der Waals surface area contributed by atoms with Crippen LogP contribution < -0.4 is 5.32 Å². The van der Waals surface area contributed by atoms with E-state index in [-0.39, 0.29) is 17.7 Å². The molecule has 2 amide bonds. The number of nitrogens with one attached hydrogen (secondary N) is 1. The highest BCUT2D eigenvalue weighted by Crippen LogP contribution is 2.33. The summed E-state index contributed by atoms with van der Waals surface area (Å²) in [6, 6.07) is 16.6. The minimum atomic E-state index is -0.0286. The number of nitrogens with zero attached hydrogens (tertiary/aromatic N) is 2. The fourth-order valence-electron chi connectivity index (χ4n) is 5.03. The van der Waals surface area contributed by atoms with Crippen LogP contribution in [0, 0.1) is 19.8 Å². The molecule has 0 aliphatic carbocycles. The number of para-hydroxylation sites is 1. The second kappa shape index (κ2) is 9.65. The van der Waals surface area contributed by atoms with Gasteiger partial charge in [-0.15, -0.1) is 0 Å². The van der Waals surface area contributed by atoms with Gasteiger partial charge in [0.2, 0.25) is 11.8 Å². The minimum absolute atomic E-state index is 0.0286. The molecule has 0 aromatic heterocycles. The summed E-state index contributed by atoms with van der Waals surface area (Å²) in [6.45, 7) is 7.04. The maximum Gasteiger partial charge on any atom is 0.236 e. The van der Waals surface area contributed by atoms with Gasteiger partial charge < -0.3 is 10.2 Å². The molecule has 1 N–H and O–H groups in total. The Kier molecular flexibility index (Phi) is 6.71. The summed E-state index contributed by atoms with van der Waals surface area (Å²) in [4.78, 5) is 29.9. The average Bonchev–Trinajstić information content (AvgIpc) is 3.22. The molecule has 4 rings (SSSR count). The molecular formula is C26H33N3O2. The van der Waals surface area contributed by atoms with E-state index in [1.165, 1.54) is 16.7 Å². The Balaban J connectivity index is 1.30. The van der Waals surface area contributed by atoms with Gasteiger partial charge >= 0.3 is 0 Å². The zero-order valence-corrected chi connectivity index (χ0v) is 18.6. The highest BCUT2D eigenvalue weighted by Gasteiger charge is 2.32. The molecule has 0 saturated carbocycles. The first-order valence-electron chi connectivity index (χ1n) is 11.5. The quantitative estimate of drug-likeness (QED) is 0.785. The van der Waals surface area contributed by atoms with Gasteiger partial charge in [0.05, 0.1) is 6.54 Å². The summed E-state index contributed by atoms with van der Waals surface area (Å²) in [5.41, 5.74) is 4.73. The standard InChI is InChI=1S/C26H33N3O2/c1-19-15-20(2)17-22(16-19)24-9-6-12-29(24)18-25(30)28-13-10-21(11-14-28)26(31)27-23-7-4-3-5-8-23/h3-5,7-8,15-17,21,24H,6,9-14,18H2,1-2H3,(H,27,31). The van der Waals surface area contributed by atoms with Crippen molar-refractivity contribution >= 4 is 17.5 Å². The number of benzene rings is 2. The van der Waals surface area contributed by atoms with Gasteiger partial charge in [-0.25, -0.2) is 0 Å². The van der Waals surface area contributed by atoms with E-state index in [4.69, 9.17) is 0 Å². The van der Waals surface area contributed by atoms with Crippen LogP contribution >= 0.6 is 0 Å². The molecule has 2 fully saturated rings. The fourth-order valence-corrected chi connectivity index (χ4v) is 5.03. The number of likely N-dealkylation sites (tertiary alicyclic amines) is 2. The molecule has 2 saturated heterocycles. The molecule has 0 bridgehead atoms. The summed E-state index contributed by atoms with van der Waals surface area (Å²) < 4.78 is 0. The molecule has 2 aliphatic rings. The summed E-state index contributed by atoms with van der Waals surface area (Å²) in [5.74, 6) is 0.227. The lowest BCUT2D eigenvalue weighted by Gasteiger charge is -2.33. The normalized spacial score (nSPS) is 20.1. The molecule has 1 atom stereocenters. The number of amides is 2. The lowest BCUT2D eigenvalue weighted by molar-refractivity contribution is -0.135. The van der Waals surface area contributed by atoms with E-state index in [1.807, 2.05) is 35.2 Å². The van der Waals surface area contributed by atoms with Crippen LogP contribution in [-0.4, -0.2) is 47.8 Å². The van der Waals surface area contributed by atoms with Gasteiger partial charge in [0.15, 0.2) is 0 Å². The molecule has 2 aliphatic heterocycles. The van der Waals surface area contributed by atoms with Crippen molar-refractivity contribution in [3.8, 4) is 0 Å². The molecule has 164 valence electrons. The van der Waals surface area contributed by atoms with E-state index in [0.29, 0.717) is 25.7 Å². The number of aryl methyl sites for hydroxylation is 2. The highest BCUT2D eigenvalue weighted by atomic mass is 16.2. The van der Waals surface area contributed by atoms with Crippen molar-refractivity contribution in [1.82, 2.24) is 9.80 Å². The first-order chi connectivity index (χ1) is 15.0. The Morgan fingerprint density at radius 1 is 0.935 bits per heavy atom. The smallest absolute Gasteiger partial charge is 0.236 e. The van der Waals surface area contributed by atoms with Gasteiger partial charge in [-0.2, -0.15) is 0 Å². The lowest BCUT2D eigenvalue weighted by atomic mass is 9.95. The van der Waals surface area contributed by atoms with Gasteiger partial charge in [-0.05, 0) is 63.8 Å². The molecule has 0 spiro atoms. The molecule has 2 heterocycles. The van der Waals surface area contributed by atoms with Gasteiger partial charge in [-0.1, -0.05) is 47.5 Å². The molecule has 0 radical (unpaired) electrons. The van der Waals surface area contributed by atoms with Crippen molar-refractivity contribution in [3.63, 3.8) is 0 Å². The average molecular weight is 420 g/mol. The van der Waals surface area contributed by atoms with E-state index < -0.39 is 0 Å². The van der Waals surface area contributed by atoms with E-state index in [2.05, 4.69) is 42.3 Å². The lowest BCUT2D eigenvalue weighted by Crippen LogP contribution is -2.45. The molecule has 2 aromatic carbocycles. The molecule has 31 heavy (non-hydrogen) atoms. The number of anilines is 1. The zero-order valence-electron chi connectivity index (χ0n) is 18.6. The first kappa shape index (κ1) is 21.6. The fraction of sp³-hybridized carbons (Fsp3) is 0.462. The third-order valence-corrected chi connectivity index (χ3v) is 6.59. The van der Waals surface area contributed by atoms with Crippen LogP contribution in [0.5, 0.6) is 0 Å². The summed E-state index contributed by atoms with van der Waals surface area (Å²) in [5, 5.41) is 3.00. The number of hydrogen-bond donors (Lipinski definition) is 1. The minimum Gasteiger partial charge on any atom is -0.342 e. The van der Waals surface area contributed by atoms with Crippen LogP contribution in [-0.2, 0) is 9.59 Å². The van der Waals surface area contributed by atoms with E-state index in [0.717, 1.165) is 37.9 Å². The number of piperidine rings is 1. The summed E-state index contributed by atoms with van der Waals surface area (Å²) >= 11 is 0. The van der Waals surface area contributed by atoms with Crippen LogP contribution in [0.15, 0.2) is 48.5 Å². The van der Waals surface area contributed by atoms with E-state index >= 15 is 0 Å². The second-order valence-electron chi connectivity index (χ2n) is 9.06. The predicted octanol–water partition coefficient (Wildman–Crippen LogP) is 4.32. The van der Waals surface area contributed by atoms with Crippen molar-refractivity contribution < 1.29 is 9.59 Å². The molecule has 5 nitrogen and oxygen atoms in total. The van der Waals surface area contributed by atoms with Gasteiger partial charge in [0.25, 0.3) is 0 Å². The summed E-state index contributed by atoms with van der Waals surface area (Å²) in [7, 11) is 0. The number of rotatable bonds is 5. The number of carbonyl (C=O) groups excluding carboxylic acids is 2. The number of hydrogen-bond acceptors (Lipinski definition) is 3. The Labute approximate surface area is 185 Å². The van der Waals surface area contributed by atoms with Crippen LogP contribution in [0.3, 0.4) is 0 Å². The van der Waals surface area contributed by atoms with Gasteiger partial charge in [-0.3, -0.25) is 14.5 Å². The first-order valence-corrected chi connectivity index (χ1v) is 11.5. The number of carbonyl (C=O) groups is 2. The summed E-state index contributed by atoms with van der Waals surface area (Å²) in [6.07, 6.45) is 3.69. The maximum atomic E-state index is 13.0. The molecular weight excluding hydrogens is 386 g/mol. The zero-order chi connectivity index (χ0) is 21.8. The van der Waals surface area contributed by atoms with Gasteiger partial charge in [0, 0.05) is 30.7 Å². The largest absolute Gasteiger partial charge is 0.342 e. The van der Waals surface area contributed by atoms with Crippen molar-refractivity contribution in [2.45, 2.75) is 45.6 Å². The van der Waals surface area contributed by atoms with Crippen molar-refractivity contribution in [2.24, 2.45) is 5.92 Å². The topological polar surface area (TPSA) is 52.7 Å².